The van der Waals surface area contributed by atoms with Gasteiger partial charge in [-0.3, -0.25) is 9.69 Å². The fourth-order valence-electron chi connectivity index (χ4n) is 4.76. The molecule has 5 heteroatoms. The number of likely N-dealkylation sites (tertiary alicyclic amines) is 3. The third kappa shape index (κ3) is 3.39. The molecule has 4 heterocycles. The van der Waals surface area contributed by atoms with Gasteiger partial charge in [-0.1, -0.05) is 6.07 Å². The van der Waals surface area contributed by atoms with E-state index in [1.807, 2.05) is 11.3 Å². The topological polar surface area (TPSA) is 26.8 Å². The van der Waals surface area contributed by atoms with E-state index >= 15 is 0 Å². The number of hydrogen-bond donors (Lipinski definition) is 0. The average Bonchev–Trinajstić information content (AvgIpc) is 3.24. The van der Waals surface area contributed by atoms with Crippen molar-refractivity contribution in [2.45, 2.75) is 44.7 Å². The molecule has 24 heavy (non-hydrogen) atoms. The summed E-state index contributed by atoms with van der Waals surface area (Å²) in [5.41, 5.74) is 0.390. The van der Waals surface area contributed by atoms with E-state index in [-0.39, 0.29) is 0 Å². The van der Waals surface area contributed by atoms with Gasteiger partial charge in [-0.15, -0.1) is 11.3 Å². The number of hydrogen-bond acceptors (Lipinski definition) is 4. The number of nitrogens with zero attached hydrogens (tertiary/aromatic N) is 3. The van der Waals surface area contributed by atoms with Crippen LogP contribution in [-0.4, -0.2) is 66.4 Å². The van der Waals surface area contributed by atoms with Crippen molar-refractivity contribution in [1.82, 2.24) is 14.7 Å². The summed E-state index contributed by atoms with van der Waals surface area (Å²) < 4.78 is 0. The molecule has 3 saturated heterocycles. The predicted molar refractivity (Wildman–Crippen MR) is 98.1 cm³/mol. The molecule has 3 fully saturated rings. The first-order valence-corrected chi connectivity index (χ1v) is 10.2. The van der Waals surface area contributed by atoms with Crippen LogP contribution < -0.4 is 0 Å². The molecule has 0 saturated carbocycles. The standard InChI is InChI=1S/C19H29N3OS/c1-20-9-5-16(13-20)22-15-19(6-4-18(22)23)7-10-21(11-8-19)14-17-3-2-12-24-17/h2-3,12,16H,4-11,13-15H2,1H3/t16-/m1/s1. The zero-order chi connectivity index (χ0) is 16.6. The normalized spacial score (nSPS) is 28.8. The summed E-state index contributed by atoms with van der Waals surface area (Å²) in [5, 5.41) is 2.17. The van der Waals surface area contributed by atoms with Crippen LogP contribution in [0.2, 0.25) is 0 Å². The first-order valence-electron chi connectivity index (χ1n) is 9.36. The van der Waals surface area contributed by atoms with E-state index in [0.29, 0.717) is 17.4 Å². The third-order valence-electron chi connectivity index (χ3n) is 6.38. The number of rotatable bonds is 3. The highest BCUT2D eigenvalue weighted by atomic mass is 32.1. The van der Waals surface area contributed by atoms with Crippen LogP contribution in [0.25, 0.3) is 0 Å². The third-order valence-corrected chi connectivity index (χ3v) is 7.24. The minimum atomic E-state index is 0.390. The Morgan fingerprint density at radius 3 is 2.75 bits per heavy atom. The lowest BCUT2D eigenvalue weighted by Gasteiger charge is -2.49. The summed E-state index contributed by atoms with van der Waals surface area (Å²) in [5.74, 6) is 0.405. The number of likely N-dealkylation sites (N-methyl/N-ethyl adjacent to an activating group) is 1. The predicted octanol–water partition coefficient (Wildman–Crippen LogP) is 2.66. The van der Waals surface area contributed by atoms with E-state index in [4.69, 9.17) is 0 Å². The molecule has 1 amide bonds. The summed E-state index contributed by atoms with van der Waals surface area (Å²) in [7, 11) is 2.17. The lowest BCUT2D eigenvalue weighted by Crippen LogP contribution is -2.54. The quantitative estimate of drug-likeness (QED) is 0.841. The highest BCUT2D eigenvalue weighted by Gasteiger charge is 2.43. The molecule has 4 rings (SSSR count). The van der Waals surface area contributed by atoms with E-state index in [1.54, 1.807) is 0 Å². The van der Waals surface area contributed by atoms with Crippen LogP contribution in [0.5, 0.6) is 0 Å². The Morgan fingerprint density at radius 1 is 1.25 bits per heavy atom. The van der Waals surface area contributed by atoms with Gasteiger partial charge >= 0.3 is 0 Å². The largest absolute Gasteiger partial charge is 0.338 e. The van der Waals surface area contributed by atoms with Gasteiger partial charge in [0.25, 0.3) is 0 Å². The minimum Gasteiger partial charge on any atom is -0.338 e. The number of piperidine rings is 2. The summed E-state index contributed by atoms with van der Waals surface area (Å²) in [6, 6.07) is 4.85. The molecule has 1 aromatic heterocycles. The minimum absolute atomic E-state index is 0.390. The summed E-state index contributed by atoms with van der Waals surface area (Å²) >= 11 is 1.86. The molecular formula is C19H29N3OS. The maximum atomic E-state index is 12.5. The van der Waals surface area contributed by atoms with Crippen molar-refractivity contribution in [3.05, 3.63) is 22.4 Å². The zero-order valence-corrected chi connectivity index (χ0v) is 15.6. The summed E-state index contributed by atoms with van der Waals surface area (Å²) in [6.45, 7) is 6.68. The Kier molecular flexibility index (Phi) is 4.67. The molecule has 3 aliphatic heterocycles. The fraction of sp³-hybridized carbons (Fsp3) is 0.737. The maximum absolute atomic E-state index is 12.5. The van der Waals surface area contributed by atoms with Gasteiger partial charge in [-0.05, 0) is 69.2 Å². The van der Waals surface area contributed by atoms with E-state index in [0.717, 1.165) is 45.4 Å². The Morgan fingerprint density at radius 2 is 2.08 bits per heavy atom. The molecule has 3 aliphatic rings. The van der Waals surface area contributed by atoms with Gasteiger partial charge in [-0.2, -0.15) is 0 Å². The SMILES string of the molecule is CN1CC[C@@H](N2CC3(CCC2=O)CCN(Cc2cccs2)CC3)C1. The van der Waals surface area contributed by atoms with Gasteiger partial charge in [0, 0.05) is 37.0 Å². The molecule has 1 aromatic rings. The second-order valence-corrected chi connectivity index (χ2v) is 9.11. The van der Waals surface area contributed by atoms with Crippen molar-refractivity contribution in [3.63, 3.8) is 0 Å². The van der Waals surface area contributed by atoms with Gasteiger partial charge in [-0.25, -0.2) is 0 Å². The van der Waals surface area contributed by atoms with Crippen LogP contribution in [0.1, 0.15) is 37.0 Å². The molecule has 0 unspecified atom stereocenters. The zero-order valence-electron chi connectivity index (χ0n) is 14.7. The van der Waals surface area contributed by atoms with E-state index < -0.39 is 0 Å². The van der Waals surface area contributed by atoms with Crippen LogP contribution >= 0.6 is 11.3 Å². The highest BCUT2D eigenvalue weighted by molar-refractivity contribution is 7.09. The molecular weight excluding hydrogens is 318 g/mol. The van der Waals surface area contributed by atoms with Crippen LogP contribution in [0.3, 0.4) is 0 Å². The average molecular weight is 348 g/mol. The number of amides is 1. The van der Waals surface area contributed by atoms with E-state index in [2.05, 4.69) is 39.3 Å². The first-order chi connectivity index (χ1) is 11.6. The Labute approximate surface area is 149 Å². The summed E-state index contributed by atoms with van der Waals surface area (Å²) in [4.78, 5) is 21.2. The van der Waals surface area contributed by atoms with Crippen LogP contribution in [0.4, 0.5) is 0 Å². The van der Waals surface area contributed by atoms with Gasteiger partial charge in [0.15, 0.2) is 0 Å². The molecule has 0 aliphatic carbocycles. The van der Waals surface area contributed by atoms with Crippen molar-refractivity contribution in [2.24, 2.45) is 5.41 Å². The van der Waals surface area contributed by atoms with Crippen molar-refractivity contribution >= 4 is 17.2 Å². The molecule has 1 spiro atoms. The lowest BCUT2D eigenvalue weighted by molar-refractivity contribution is -0.142. The molecule has 0 radical (unpaired) electrons. The lowest BCUT2D eigenvalue weighted by atomic mass is 9.72. The maximum Gasteiger partial charge on any atom is 0.222 e. The monoisotopic (exact) mass is 347 g/mol. The van der Waals surface area contributed by atoms with Crippen molar-refractivity contribution in [1.29, 1.82) is 0 Å². The smallest absolute Gasteiger partial charge is 0.222 e. The Bertz CT molecular complexity index is 565. The van der Waals surface area contributed by atoms with Crippen LogP contribution in [-0.2, 0) is 11.3 Å². The Hall–Kier alpha value is -0.910. The molecule has 4 nitrogen and oxygen atoms in total. The van der Waals surface area contributed by atoms with Gasteiger partial charge in [0.1, 0.15) is 0 Å². The van der Waals surface area contributed by atoms with Gasteiger partial charge < -0.3 is 9.80 Å². The van der Waals surface area contributed by atoms with Crippen molar-refractivity contribution in [2.75, 3.05) is 39.8 Å². The van der Waals surface area contributed by atoms with Crippen LogP contribution in [0.15, 0.2) is 17.5 Å². The molecule has 1 atom stereocenters. The second kappa shape index (κ2) is 6.77. The van der Waals surface area contributed by atoms with Crippen molar-refractivity contribution < 1.29 is 4.79 Å². The van der Waals surface area contributed by atoms with Crippen LogP contribution in [0, 0.1) is 5.41 Å². The molecule has 0 bridgehead atoms. The van der Waals surface area contributed by atoms with Gasteiger partial charge in [0.2, 0.25) is 5.91 Å². The number of thiophene rings is 1. The second-order valence-electron chi connectivity index (χ2n) is 8.08. The van der Waals surface area contributed by atoms with E-state index in [1.165, 1.54) is 30.8 Å². The molecule has 0 aromatic carbocycles. The molecule has 132 valence electrons. The number of carbonyl (C=O) groups is 1. The van der Waals surface area contributed by atoms with Gasteiger partial charge in [0.05, 0.1) is 0 Å². The fourth-order valence-corrected chi connectivity index (χ4v) is 5.51. The van der Waals surface area contributed by atoms with Crippen molar-refractivity contribution in [3.8, 4) is 0 Å². The first kappa shape index (κ1) is 16.6. The number of carbonyl (C=O) groups excluding carboxylic acids is 1. The Balaban J connectivity index is 1.36. The highest BCUT2D eigenvalue weighted by Crippen LogP contribution is 2.41. The molecule has 0 N–H and O–H groups in total. The summed E-state index contributed by atoms with van der Waals surface area (Å²) in [6.07, 6.45) is 5.54. The van der Waals surface area contributed by atoms with E-state index in [9.17, 15) is 4.79 Å².